The van der Waals surface area contributed by atoms with Crippen LogP contribution in [0.15, 0.2) is 42.9 Å². The van der Waals surface area contributed by atoms with Crippen molar-refractivity contribution in [2.45, 2.75) is 58.1 Å². The van der Waals surface area contributed by atoms with Crippen molar-refractivity contribution in [2.24, 2.45) is 7.05 Å². The van der Waals surface area contributed by atoms with Crippen molar-refractivity contribution in [1.82, 2.24) is 25.1 Å². The predicted molar refractivity (Wildman–Crippen MR) is 124 cm³/mol. The number of rotatable bonds is 4. The van der Waals surface area contributed by atoms with Gasteiger partial charge in [0.1, 0.15) is 5.60 Å². The summed E-state index contributed by atoms with van der Waals surface area (Å²) in [5, 5.41) is 10.4. The molecule has 0 bridgehead atoms. The normalized spacial score (nSPS) is 16.1. The third kappa shape index (κ3) is 5.43. The molecule has 8 heteroatoms. The van der Waals surface area contributed by atoms with Gasteiger partial charge < -0.3 is 15.4 Å². The number of ether oxygens (including phenoxy) is 1. The van der Waals surface area contributed by atoms with Gasteiger partial charge in [-0.25, -0.2) is 14.8 Å². The first kappa shape index (κ1) is 21.8. The SMILES string of the molecule is Cn1cc(Nc2nccc(-c3ccc4c(c3)CCCC[C@H]4NC(=O)OC(C)(C)C)n2)cn1. The molecule has 1 atom stereocenters. The summed E-state index contributed by atoms with van der Waals surface area (Å²) in [6, 6.07) is 8.20. The summed E-state index contributed by atoms with van der Waals surface area (Å²) in [5.74, 6) is 0.523. The summed E-state index contributed by atoms with van der Waals surface area (Å²) < 4.78 is 7.20. The highest BCUT2D eigenvalue weighted by atomic mass is 16.6. The van der Waals surface area contributed by atoms with Crippen LogP contribution in [0.1, 0.15) is 57.2 Å². The number of amides is 1. The highest BCUT2D eigenvalue weighted by molar-refractivity contribution is 5.69. The van der Waals surface area contributed by atoms with Crippen molar-refractivity contribution >= 4 is 17.7 Å². The maximum Gasteiger partial charge on any atom is 0.408 e. The summed E-state index contributed by atoms with van der Waals surface area (Å²) in [5.41, 5.74) is 4.58. The van der Waals surface area contributed by atoms with Gasteiger partial charge in [-0.05, 0) is 63.3 Å². The van der Waals surface area contributed by atoms with Gasteiger partial charge in [0.05, 0.1) is 23.6 Å². The fourth-order valence-electron chi connectivity index (χ4n) is 3.94. The van der Waals surface area contributed by atoms with Gasteiger partial charge in [-0.15, -0.1) is 0 Å². The molecule has 2 aromatic heterocycles. The van der Waals surface area contributed by atoms with E-state index in [2.05, 4.69) is 43.9 Å². The molecule has 0 radical (unpaired) electrons. The van der Waals surface area contributed by atoms with Gasteiger partial charge in [0, 0.05) is 25.0 Å². The molecule has 0 saturated carbocycles. The molecule has 32 heavy (non-hydrogen) atoms. The smallest absolute Gasteiger partial charge is 0.408 e. The van der Waals surface area contributed by atoms with Crippen molar-refractivity contribution in [3.8, 4) is 11.3 Å². The molecule has 0 fully saturated rings. The Balaban J connectivity index is 1.56. The molecule has 0 aliphatic heterocycles. The third-order valence-electron chi connectivity index (χ3n) is 5.31. The molecule has 1 aliphatic rings. The number of fused-ring (bicyclic) bond motifs is 1. The molecule has 4 rings (SSSR count). The van der Waals surface area contributed by atoms with Crippen molar-refractivity contribution in [2.75, 3.05) is 5.32 Å². The standard InChI is InChI=1S/C24H30N6O2/c1-24(2,3)32-23(31)29-21-8-6-5-7-16-13-17(9-10-19(16)21)20-11-12-25-22(28-20)27-18-14-26-30(4)15-18/h9-15,21H,5-8H2,1-4H3,(H,29,31)(H,25,27,28)/t21-/m1/s1. The van der Waals surface area contributed by atoms with E-state index in [0.29, 0.717) is 5.95 Å². The van der Waals surface area contributed by atoms with Gasteiger partial charge in [0.15, 0.2) is 0 Å². The molecule has 8 nitrogen and oxygen atoms in total. The number of alkyl carbamates (subject to hydrolysis) is 1. The van der Waals surface area contributed by atoms with Gasteiger partial charge in [-0.1, -0.05) is 18.6 Å². The van der Waals surface area contributed by atoms with Crippen molar-refractivity contribution < 1.29 is 9.53 Å². The number of carbonyl (C=O) groups excluding carboxylic acids is 1. The van der Waals surface area contributed by atoms with Crippen LogP contribution in [0.2, 0.25) is 0 Å². The molecule has 1 amide bonds. The van der Waals surface area contributed by atoms with Gasteiger partial charge in [0.2, 0.25) is 5.95 Å². The zero-order valence-electron chi connectivity index (χ0n) is 19.1. The Morgan fingerprint density at radius 2 is 2.06 bits per heavy atom. The predicted octanol–water partition coefficient (Wildman–Crippen LogP) is 4.91. The lowest BCUT2D eigenvalue weighted by Gasteiger charge is -2.24. The Hall–Kier alpha value is -3.42. The monoisotopic (exact) mass is 434 g/mol. The number of nitrogens with one attached hydrogen (secondary N) is 2. The van der Waals surface area contributed by atoms with Crippen molar-refractivity contribution in [3.63, 3.8) is 0 Å². The highest BCUT2D eigenvalue weighted by Crippen LogP contribution is 2.32. The van der Waals surface area contributed by atoms with E-state index < -0.39 is 5.60 Å². The number of anilines is 2. The van der Waals surface area contributed by atoms with Gasteiger partial charge in [-0.3, -0.25) is 4.68 Å². The molecule has 3 aromatic rings. The van der Waals surface area contributed by atoms with E-state index >= 15 is 0 Å². The van der Waals surface area contributed by atoms with E-state index in [4.69, 9.17) is 4.74 Å². The minimum atomic E-state index is -0.518. The lowest BCUT2D eigenvalue weighted by atomic mass is 9.96. The molecule has 1 aromatic carbocycles. The van der Waals surface area contributed by atoms with E-state index in [1.54, 1.807) is 17.1 Å². The van der Waals surface area contributed by atoms with Crippen LogP contribution in [0.3, 0.4) is 0 Å². The van der Waals surface area contributed by atoms with Crippen LogP contribution in [0.5, 0.6) is 0 Å². The molecular formula is C24H30N6O2. The van der Waals surface area contributed by atoms with Crippen LogP contribution in [0, 0.1) is 0 Å². The summed E-state index contributed by atoms with van der Waals surface area (Å²) in [4.78, 5) is 21.4. The molecule has 2 heterocycles. The van der Waals surface area contributed by atoms with Gasteiger partial charge in [0.25, 0.3) is 0 Å². The molecule has 0 unspecified atom stereocenters. The highest BCUT2D eigenvalue weighted by Gasteiger charge is 2.24. The molecule has 2 N–H and O–H groups in total. The molecular weight excluding hydrogens is 404 g/mol. The first-order valence-corrected chi connectivity index (χ1v) is 11.0. The van der Waals surface area contributed by atoms with E-state index in [1.807, 2.05) is 40.1 Å². The number of carbonyl (C=O) groups is 1. The molecule has 0 saturated heterocycles. The second-order valence-electron chi connectivity index (χ2n) is 9.15. The largest absolute Gasteiger partial charge is 0.444 e. The summed E-state index contributed by atoms with van der Waals surface area (Å²) in [7, 11) is 1.86. The summed E-state index contributed by atoms with van der Waals surface area (Å²) in [6.45, 7) is 5.62. The van der Waals surface area contributed by atoms with Crippen LogP contribution >= 0.6 is 0 Å². The van der Waals surface area contributed by atoms with Crippen molar-refractivity contribution in [3.05, 3.63) is 54.0 Å². The average Bonchev–Trinajstić information content (AvgIpc) is 3.02. The number of aromatic nitrogens is 4. The Morgan fingerprint density at radius 3 is 2.81 bits per heavy atom. The van der Waals surface area contributed by atoms with E-state index in [-0.39, 0.29) is 12.1 Å². The van der Waals surface area contributed by atoms with Crippen LogP contribution in [0.4, 0.5) is 16.4 Å². The Bertz CT molecular complexity index is 1100. The topological polar surface area (TPSA) is 94.0 Å². The maximum atomic E-state index is 12.4. The van der Waals surface area contributed by atoms with Crippen LogP contribution in [0.25, 0.3) is 11.3 Å². The average molecular weight is 435 g/mol. The molecule has 1 aliphatic carbocycles. The minimum Gasteiger partial charge on any atom is -0.444 e. The number of hydrogen-bond donors (Lipinski definition) is 2. The summed E-state index contributed by atoms with van der Waals surface area (Å²) in [6.07, 6.45) is 8.99. The second-order valence-corrected chi connectivity index (χ2v) is 9.15. The van der Waals surface area contributed by atoms with Gasteiger partial charge >= 0.3 is 6.09 Å². The fraction of sp³-hybridized carbons (Fsp3) is 0.417. The van der Waals surface area contributed by atoms with E-state index in [9.17, 15) is 4.79 Å². The van der Waals surface area contributed by atoms with E-state index in [0.717, 1.165) is 48.2 Å². The first-order valence-electron chi connectivity index (χ1n) is 11.0. The maximum absolute atomic E-state index is 12.4. The Labute approximate surface area is 188 Å². The molecule has 0 spiro atoms. The third-order valence-corrected chi connectivity index (χ3v) is 5.31. The quantitative estimate of drug-likeness (QED) is 0.567. The number of aryl methyl sites for hydroxylation is 2. The lowest BCUT2D eigenvalue weighted by molar-refractivity contribution is 0.0501. The van der Waals surface area contributed by atoms with Crippen LogP contribution in [-0.2, 0) is 18.2 Å². The Kier molecular flexibility index (Phi) is 6.12. The van der Waals surface area contributed by atoms with Gasteiger partial charge in [-0.2, -0.15) is 5.10 Å². The van der Waals surface area contributed by atoms with Crippen LogP contribution < -0.4 is 10.6 Å². The zero-order valence-corrected chi connectivity index (χ0v) is 19.1. The fourth-order valence-corrected chi connectivity index (χ4v) is 3.94. The number of benzene rings is 1. The second kappa shape index (κ2) is 8.98. The zero-order chi connectivity index (χ0) is 22.7. The van der Waals surface area contributed by atoms with Crippen LogP contribution in [-0.4, -0.2) is 31.4 Å². The van der Waals surface area contributed by atoms with Crippen molar-refractivity contribution in [1.29, 1.82) is 0 Å². The summed E-state index contributed by atoms with van der Waals surface area (Å²) >= 11 is 0. The number of hydrogen-bond acceptors (Lipinski definition) is 6. The lowest BCUT2D eigenvalue weighted by Crippen LogP contribution is -2.35. The minimum absolute atomic E-state index is 0.0513. The van der Waals surface area contributed by atoms with E-state index in [1.165, 1.54) is 5.56 Å². The number of nitrogens with zero attached hydrogens (tertiary/aromatic N) is 4. The first-order chi connectivity index (χ1) is 15.3. The Morgan fingerprint density at radius 1 is 1.22 bits per heavy atom. The molecule has 168 valence electrons.